The van der Waals surface area contributed by atoms with Crippen molar-refractivity contribution < 1.29 is 0 Å². The maximum Gasteiger partial charge on any atom is 0.141 e. The predicted molar refractivity (Wildman–Crippen MR) is 64.8 cm³/mol. The first-order valence-corrected chi connectivity index (χ1v) is 6.06. The lowest BCUT2D eigenvalue weighted by atomic mass is 10.1. The summed E-state index contributed by atoms with van der Waals surface area (Å²) >= 11 is 0. The normalized spacial score (nSPS) is 22.9. The summed E-state index contributed by atoms with van der Waals surface area (Å²) in [5, 5.41) is 0. The van der Waals surface area contributed by atoms with Gasteiger partial charge in [-0.2, -0.15) is 0 Å². The van der Waals surface area contributed by atoms with Crippen molar-refractivity contribution in [3.05, 3.63) is 18.1 Å². The highest BCUT2D eigenvalue weighted by Crippen LogP contribution is 2.17. The topological polar surface area (TPSA) is 55.0 Å². The predicted octanol–water partition coefficient (Wildman–Crippen LogP) is 1.82. The molecule has 2 heterocycles. The van der Waals surface area contributed by atoms with Gasteiger partial charge >= 0.3 is 0 Å². The van der Waals surface area contributed by atoms with Gasteiger partial charge in [0.2, 0.25) is 0 Å². The molecule has 1 atom stereocenters. The summed E-state index contributed by atoms with van der Waals surface area (Å²) in [6.07, 6.45) is 8.72. The van der Waals surface area contributed by atoms with Gasteiger partial charge < -0.3 is 5.73 Å². The van der Waals surface area contributed by atoms with Gasteiger partial charge in [-0.3, -0.25) is 9.88 Å². The highest BCUT2D eigenvalue weighted by atomic mass is 15.2. The van der Waals surface area contributed by atoms with E-state index >= 15 is 0 Å². The summed E-state index contributed by atoms with van der Waals surface area (Å²) in [7, 11) is 0. The highest BCUT2D eigenvalue weighted by molar-refractivity contribution is 5.22. The number of nitrogens with two attached hydrogens (primary N) is 1. The van der Waals surface area contributed by atoms with Crippen molar-refractivity contribution in [1.82, 2.24) is 14.9 Å². The lowest BCUT2D eigenvalue weighted by Gasteiger charge is -2.26. The molecule has 0 saturated carbocycles. The fourth-order valence-corrected chi connectivity index (χ4v) is 2.22. The smallest absolute Gasteiger partial charge is 0.141 e. The van der Waals surface area contributed by atoms with Crippen molar-refractivity contribution in [2.24, 2.45) is 0 Å². The van der Waals surface area contributed by atoms with Crippen molar-refractivity contribution in [3.8, 4) is 0 Å². The number of hydrogen-bond donors (Lipinski definition) is 1. The van der Waals surface area contributed by atoms with Crippen LogP contribution in [0.5, 0.6) is 0 Å². The zero-order valence-corrected chi connectivity index (χ0v) is 9.89. The van der Waals surface area contributed by atoms with Crippen LogP contribution in [0.3, 0.4) is 0 Å². The molecule has 1 saturated heterocycles. The Kier molecular flexibility index (Phi) is 3.72. The molecule has 1 aromatic heterocycles. The summed E-state index contributed by atoms with van der Waals surface area (Å²) in [4.78, 5) is 10.9. The molecule has 1 unspecified atom stereocenters. The minimum Gasteiger partial charge on any atom is -0.382 e. The van der Waals surface area contributed by atoms with Gasteiger partial charge in [0.25, 0.3) is 0 Å². The number of hydrogen-bond acceptors (Lipinski definition) is 4. The fourth-order valence-electron chi connectivity index (χ4n) is 2.22. The first-order valence-electron chi connectivity index (χ1n) is 6.06. The average molecular weight is 220 g/mol. The number of aromatic nitrogens is 2. The number of nitrogen functional groups attached to an aromatic ring is 1. The van der Waals surface area contributed by atoms with Crippen LogP contribution in [0.1, 0.15) is 38.3 Å². The number of nitrogens with zero attached hydrogens (tertiary/aromatic N) is 3. The third-order valence-electron chi connectivity index (χ3n) is 3.28. The molecule has 1 aliphatic rings. The average Bonchev–Trinajstić information content (AvgIpc) is 2.48. The molecule has 88 valence electrons. The van der Waals surface area contributed by atoms with Crippen LogP contribution >= 0.6 is 0 Å². The molecule has 0 aliphatic carbocycles. The van der Waals surface area contributed by atoms with Crippen LogP contribution in [0.25, 0.3) is 0 Å². The van der Waals surface area contributed by atoms with Crippen LogP contribution in [0, 0.1) is 0 Å². The summed E-state index contributed by atoms with van der Waals surface area (Å²) in [5.74, 6) is 0.493. The van der Waals surface area contributed by atoms with Crippen molar-refractivity contribution in [1.29, 1.82) is 0 Å². The van der Waals surface area contributed by atoms with E-state index in [2.05, 4.69) is 21.8 Å². The molecule has 1 aromatic rings. The molecule has 1 fully saturated rings. The Morgan fingerprint density at radius 2 is 2.19 bits per heavy atom. The van der Waals surface area contributed by atoms with Crippen LogP contribution in [-0.4, -0.2) is 27.5 Å². The molecule has 0 spiro atoms. The van der Waals surface area contributed by atoms with Crippen LogP contribution in [0.15, 0.2) is 12.4 Å². The van der Waals surface area contributed by atoms with Crippen molar-refractivity contribution in [2.45, 2.75) is 45.2 Å². The van der Waals surface area contributed by atoms with E-state index in [0.29, 0.717) is 11.9 Å². The molecular weight excluding hydrogens is 200 g/mol. The Morgan fingerprint density at radius 3 is 2.94 bits per heavy atom. The van der Waals surface area contributed by atoms with Gasteiger partial charge in [-0.1, -0.05) is 12.8 Å². The molecule has 0 aromatic carbocycles. The largest absolute Gasteiger partial charge is 0.382 e. The molecule has 4 nitrogen and oxygen atoms in total. The molecule has 1 aliphatic heterocycles. The highest BCUT2D eigenvalue weighted by Gasteiger charge is 2.17. The Morgan fingerprint density at radius 1 is 1.31 bits per heavy atom. The first-order chi connectivity index (χ1) is 7.75. The molecule has 0 amide bonds. The third-order valence-corrected chi connectivity index (χ3v) is 3.28. The van der Waals surface area contributed by atoms with Gasteiger partial charge in [0.15, 0.2) is 0 Å². The van der Waals surface area contributed by atoms with Gasteiger partial charge in [0.1, 0.15) is 5.82 Å². The van der Waals surface area contributed by atoms with E-state index in [9.17, 15) is 0 Å². The maximum atomic E-state index is 5.52. The molecule has 0 radical (unpaired) electrons. The first kappa shape index (κ1) is 11.3. The van der Waals surface area contributed by atoms with Gasteiger partial charge in [-0.05, 0) is 26.3 Å². The third kappa shape index (κ3) is 2.92. The summed E-state index contributed by atoms with van der Waals surface area (Å²) in [5.41, 5.74) is 6.54. The van der Waals surface area contributed by atoms with Crippen molar-refractivity contribution in [2.75, 3.05) is 12.3 Å². The second kappa shape index (κ2) is 5.25. The zero-order chi connectivity index (χ0) is 11.4. The minimum atomic E-state index is 0.493. The summed E-state index contributed by atoms with van der Waals surface area (Å²) < 4.78 is 0. The molecule has 2 rings (SSSR count). The van der Waals surface area contributed by atoms with E-state index < -0.39 is 0 Å². The standard InChI is InChI=1S/C12H20N4/c1-10-5-3-2-4-6-16(10)9-11-7-15-12(13)8-14-11/h7-8,10H,2-6,9H2,1H3,(H2,13,15). The monoisotopic (exact) mass is 220 g/mol. The van der Waals surface area contributed by atoms with Gasteiger partial charge in [-0.15, -0.1) is 0 Å². The van der Waals surface area contributed by atoms with E-state index in [1.807, 2.05) is 0 Å². The Balaban J connectivity index is 1.99. The second-order valence-electron chi connectivity index (χ2n) is 4.60. The van der Waals surface area contributed by atoms with Crippen LogP contribution in [0.2, 0.25) is 0 Å². The Labute approximate surface area is 96.9 Å². The molecule has 16 heavy (non-hydrogen) atoms. The molecular formula is C12H20N4. The van der Waals surface area contributed by atoms with E-state index in [-0.39, 0.29) is 0 Å². The molecule has 2 N–H and O–H groups in total. The van der Waals surface area contributed by atoms with Gasteiger partial charge in [0, 0.05) is 12.6 Å². The fraction of sp³-hybridized carbons (Fsp3) is 0.667. The minimum absolute atomic E-state index is 0.493. The number of anilines is 1. The van der Waals surface area contributed by atoms with Crippen molar-refractivity contribution in [3.63, 3.8) is 0 Å². The zero-order valence-electron chi connectivity index (χ0n) is 9.89. The lowest BCUT2D eigenvalue weighted by molar-refractivity contribution is 0.202. The van der Waals surface area contributed by atoms with Crippen LogP contribution in [0.4, 0.5) is 5.82 Å². The summed E-state index contributed by atoms with van der Waals surface area (Å²) in [6, 6.07) is 0.654. The van der Waals surface area contributed by atoms with Crippen molar-refractivity contribution >= 4 is 5.82 Å². The van der Waals surface area contributed by atoms with E-state index in [4.69, 9.17) is 5.73 Å². The van der Waals surface area contributed by atoms with Gasteiger partial charge in [-0.25, -0.2) is 4.98 Å². The number of likely N-dealkylation sites (tertiary alicyclic amines) is 1. The summed E-state index contributed by atoms with van der Waals surface area (Å²) in [6.45, 7) is 4.37. The van der Waals surface area contributed by atoms with E-state index in [1.54, 1.807) is 12.4 Å². The van der Waals surface area contributed by atoms with Crippen LogP contribution in [-0.2, 0) is 6.54 Å². The Hall–Kier alpha value is -1.16. The second-order valence-corrected chi connectivity index (χ2v) is 4.60. The molecule has 4 heteroatoms. The van der Waals surface area contributed by atoms with E-state index in [1.165, 1.54) is 32.2 Å². The molecule has 0 bridgehead atoms. The number of rotatable bonds is 2. The van der Waals surface area contributed by atoms with Crippen LogP contribution < -0.4 is 5.73 Å². The maximum absolute atomic E-state index is 5.52. The SMILES string of the molecule is CC1CCCCCN1Cc1cnc(N)cn1. The lowest BCUT2D eigenvalue weighted by Crippen LogP contribution is -2.32. The quantitative estimate of drug-likeness (QED) is 0.826. The Bertz CT molecular complexity index is 322. The van der Waals surface area contributed by atoms with E-state index in [0.717, 1.165) is 12.2 Å². The van der Waals surface area contributed by atoms with Gasteiger partial charge in [0.05, 0.1) is 18.1 Å².